The van der Waals surface area contributed by atoms with E-state index < -0.39 is 0 Å². The molecule has 0 aromatic heterocycles. The van der Waals surface area contributed by atoms with E-state index in [4.69, 9.17) is 0 Å². The number of aliphatic imine (C=N–C) groups is 1. The average molecular weight is 412 g/mol. The van der Waals surface area contributed by atoms with Crippen LogP contribution < -0.4 is 5.32 Å². The molecule has 2 aromatic rings. The van der Waals surface area contributed by atoms with E-state index in [1.165, 1.54) is 6.92 Å². The Morgan fingerprint density at radius 1 is 1.14 bits per heavy atom. The summed E-state index contributed by atoms with van der Waals surface area (Å²) in [4.78, 5) is 15.2. The molecule has 0 fully saturated rings. The summed E-state index contributed by atoms with van der Waals surface area (Å²) in [6, 6.07) is 10.7. The minimum Gasteiger partial charge on any atom is -0.506 e. The maximum absolute atomic E-state index is 10.9. The summed E-state index contributed by atoms with van der Waals surface area (Å²) in [6.07, 6.45) is 1.58. The SMILES string of the molecule is CC(=O)Nc1ccc(N=Cc2c(Br)ccc(Br)c2O)cc1. The van der Waals surface area contributed by atoms with Gasteiger partial charge in [0.15, 0.2) is 0 Å². The molecule has 0 aliphatic rings. The summed E-state index contributed by atoms with van der Waals surface area (Å²) in [5.41, 5.74) is 2.03. The third kappa shape index (κ3) is 4.15. The molecule has 0 saturated heterocycles. The Kier molecular flexibility index (Phi) is 5.14. The Labute approximate surface area is 139 Å². The zero-order valence-corrected chi connectivity index (χ0v) is 14.3. The number of phenolic OH excluding ortho intramolecular Hbond substituents is 1. The molecule has 0 spiro atoms. The van der Waals surface area contributed by atoms with Crippen molar-refractivity contribution in [3.8, 4) is 5.75 Å². The smallest absolute Gasteiger partial charge is 0.221 e. The molecular formula is C15H12Br2N2O2. The highest BCUT2D eigenvalue weighted by molar-refractivity contribution is 9.11. The van der Waals surface area contributed by atoms with Crippen LogP contribution in [0.15, 0.2) is 50.3 Å². The molecule has 0 saturated carbocycles. The van der Waals surface area contributed by atoms with Gasteiger partial charge in [0.1, 0.15) is 5.75 Å². The molecule has 6 heteroatoms. The zero-order chi connectivity index (χ0) is 15.4. The predicted molar refractivity (Wildman–Crippen MR) is 91.5 cm³/mol. The molecule has 1 amide bonds. The Morgan fingerprint density at radius 3 is 2.38 bits per heavy atom. The van der Waals surface area contributed by atoms with Gasteiger partial charge in [-0.05, 0) is 68.3 Å². The fraction of sp³-hybridized carbons (Fsp3) is 0.0667. The molecule has 21 heavy (non-hydrogen) atoms. The largest absolute Gasteiger partial charge is 0.506 e. The molecule has 0 atom stereocenters. The highest BCUT2D eigenvalue weighted by atomic mass is 79.9. The number of carbonyl (C=O) groups excluding carboxylic acids is 1. The van der Waals surface area contributed by atoms with Crippen LogP contribution in [0, 0.1) is 0 Å². The van der Waals surface area contributed by atoms with Crippen molar-refractivity contribution < 1.29 is 9.90 Å². The van der Waals surface area contributed by atoms with Crippen molar-refractivity contribution in [1.82, 2.24) is 0 Å². The Balaban J connectivity index is 2.22. The molecule has 2 rings (SSSR count). The van der Waals surface area contributed by atoms with E-state index >= 15 is 0 Å². The van der Waals surface area contributed by atoms with Crippen molar-refractivity contribution in [2.24, 2.45) is 4.99 Å². The van der Waals surface area contributed by atoms with E-state index in [0.717, 1.165) is 10.2 Å². The molecule has 0 aliphatic carbocycles. The van der Waals surface area contributed by atoms with Crippen LogP contribution in [0.3, 0.4) is 0 Å². The molecular weight excluding hydrogens is 400 g/mol. The van der Waals surface area contributed by atoms with Gasteiger partial charge in [-0.1, -0.05) is 0 Å². The highest BCUT2D eigenvalue weighted by Crippen LogP contribution is 2.32. The molecule has 108 valence electrons. The van der Waals surface area contributed by atoms with Gasteiger partial charge in [0.25, 0.3) is 0 Å². The van der Waals surface area contributed by atoms with E-state index in [0.29, 0.717) is 15.7 Å². The lowest BCUT2D eigenvalue weighted by Gasteiger charge is -2.04. The van der Waals surface area contributed by atoms with Gasteiger partial charge in [0, 0.05) is 28.9 Å². The third-order valence-electron chi connectivity index (χ3n) is 2.65. The first-order valence-corrected chi connectivity index (χ1v) is 7.64. The van der Waals surface area contributed by atoms with Crippen LogP contribution in [0.25, 0.3) is 0 Å². The lowest BCUT2D eigenvalue weighted by atomic mass is 10.2. The number of aromatic hydroxyl groups is 1. The summed E-state index contributed by atoms with van der Waals surface area (Å²) >= 11 is 6.64. The molecule has 2 aromatic carbocycles. The van der Waals surface area contributed by atoms with Gasteiger partial charge in [0.05, 0.1) is 10.2 Å². The monoisotopic (exact) mass is 410 g/mol. The Bertz CT molecular complexity index is 698. The van der Waals surface area contributed by atoms with E-state index in [1.807, 2.05) is 6.07 Å². The van der Waals surface area contributed by atoms with Crippen LogP contribution in [-0.2, 0) is 4.79 Å². The van der Waals surface area contributed by atoms with Crippen LogP contribution in [0.1, 0.15) is 12.5 Å². The number of halogens is 2. The van der Waals surface area contributed by atoms with E-state index in [-0.39, 0.29) is 11.7 Å². The first-order valence-electron chi connectivity index (χ1n) is 6.06. The number of phenols is 1. The molecule has 2 N–H and O–H groups in total. The standard InChI is InChI=1S/C15H12Br2N2O2/c1-9(20)19-11-4-2-10(3-5-11)18-8-12-13(16)6-7-14(17)15(12)21/h2-8,21H,1H3,(H,19,20). The number of hydrogen-bond donors (Lipinski definition) is 2. The number of nitrogens with zero attached hydrogens (tertiary/aromatic N) is 1. The van der Waals surface area contributed by atoms with Crippen molar-refractivity contribution in [1.29, 1.82) is 0 Å². The van der Waals surface area contributed by atoms with E-state index in [1.54, 1.807) is 36.5 Å². The lowest BCUT2D eigenvalue weighted by Crippen LogP contribution is -2.04. The number of nitrogens with one attached hydrogen (secondary N) is 1. The number of benzene rings is 2. The number of amides is 1. The number of anilines is 1. The molecule has 0 bridgehead atoms. The van der Waals surface area contributed by atoms with Crippen LogP contribution in [0.4, 0.5) is 11.4 Å². The van der Waals surface area contributed by atoms with E-state index in [2.05, 4.69) is 42.2 Å². The maximum atomic E-state index is 10.9. The summed E-state index contributed by atoms with van der Waals surface area (Å²) < 4.78 is 1.36. The highest BCUT2D eigenvalue weighted by Gasteiger charge is 2.07. The molecule has 4 nitrogen and oxygen atoms in total. The fourth-order valence-corrected chi connectivity index (χ4v) is 2.42. The van der Waals surface area contributed by atoms with Gasteiger partial charge in [-0.25, -0.2) is 0 Å². The van der Waals surface area contributed by atoms with Gasteiger partial charge in [-0.3, -0.25) is 9.79 Å². The second-order valence-corrected chi connectivity index (χ2v) is 5.99. The van der Waals surface area contributed by atoms with Crippen molar-refractivity contribution in [3.05, 3.63) is 50.9 Å². The fourth-order valence-electron chi connectivity index (χ4n) is 1.65. The van der Waals surface area contributed by atoms with Gasteiger partial charge in [0.2, 0.25) is 5.91 Å². The summed E-state index contributed by atoms with van der Waals surface area (Å²) in [6.45, 7) is 1.46. The maximum Gasteiger partial charge on any atom is 0.221 e. The third-order valence-corrected chi connectivity index (χ3v) is 3.98. The van der Waals surface area contributed by atoms with Crippen LogP contribution >= 0.6 is 31.9 Å². The summed E-state index contributed by atoms with van der Waals surface area (Å²) in [5.74, 6) is 0.0113. The van der Waals surface area contributed by atoms with Crippen molar-refractivity contribution in [2.45, 2.75) is 6.92 Å². The van der Waals surface area contributed by atoms with Gasteiger partial charge in [-0.2, -0.15) is 0 Å². The lowest BCUT2D eigenvalue weighted by molar-refractivity contribution is -0.114. The first kappa shape index (κ1) is 15.7. The van der Waals surface area contributed by atoms with Crippen LogP contribution in [-0.4, -0.2) is 17.2 Å². The van der Waals surface area contributed by atoms with Gasteiger partial charge < -0.3 is 10.4 Å². The average Bonchev–Trinajstić information content (AvgIpc) is 2.44. The van der Waals surface area contributed by atoms with Crippen LogP contribution in [0.2, 0.25) is 0 Å². The second-order valence-electron chi connectivity index (χ2n) is 4.28. The minimum absolute atomic E-state index is 0.116. The topological polar surface area (TPSA) is 61.7 Å². The van der Waals surface area contributed by atoms with E-state index in [9.17, 15) is 9.90 Å². The minimum atomic E-state index is -0.116. The summed E-state index contributed by atoms with van der Waals surface area (Å²) in [5, 5.41) is 12.7. The second kappa shape index (κ2) is 6.87. The molecule has 0 unspecified atom stereocenters. The van der Waals surface area contributed by atoms with Gasteiger partial charge in [-0.15, -0.1) is 0 Å². The molecule has 0 aliphatic heterocycles. The number of carbonyl (C=O) groups is 1. The van der Waals surface area contributed by atoms with Crippen molar-refractivity contribution in [3.63, 3.8) is 0 Å². The molecule has 0 heterocycles. The van der Waals surface area contributed by atoms with Crippen LogP contribution in [0.5, 0.6) is 5.75 Å². The quantitative estimate of drug-likeness (QED) is 0.723. The van der Waals surface area contributed by atoms with Crippen molar-refractivity contribution in [2.75, 3.05) is 5.32 Å². The number of rotatable bonds is 3. The first-order chi connectivity index (χ1) is 9.97. The Hall–Kier alpha value is -1.66. The van der Waals surface area contributed by atoms with Gasteiger partial charge >= 0.3 is 0 Å². The summed E-state index contributed by atoms with van der Waals surface area (Å²) in [7, 11) is 0. The predicted octanol–water partition coefficient (Wildman–Crippen LogP) is 4.63. The molecule has 0 radical (unpaired) electrons. The Morgan fingerprint density at radius 2 is 1.76 bits per heavy atom. The zero-order valence-electron chi connectivity index (χ0n) is 11.1. The van der Waals surface area contributed by atoms with Crippen molar-refractivity contribution >= 4 is 55.4 Å². The normalized spacial score (nSPS) is 10.8. The number of hydrogen-bond acceptors (Lipinski definition) is 3.